The normalized spacial score (nSPS) is 12.5. The number of thiophene rings is 1. The summed E-state index contributed by atoms with van der Waals surface area (Å²) in [6, 6.07) is 16.1. The molecule has 0 unspecified atom stereocenters. The van der Waals surface area contributed by atoms with Gasteiger partial charge in [0, 0.05) is 12.1 Å². The molecule has 1 amide bonds. The van der Waals surface area contributed by atoms with Gasteiger partial charge < -0.3 is 10.2 Å². The zero-order valence-corrected chi connectivity index (χ0v) is 14.1. The maximum atomic E-state index is 12.6. The number of likely N-dealkylation sites (N-methyl/N-ethyl adjacent to an activating group) is 1. The van der Waals surface area contributed by atoms with Crippen molar-refractivity contribution in [2.75, 3.05) is 20.6 Å². The first-order valence-electron chi connectivity index (χ1n) is 7.61. The molecule has 0 bridgehead atoms. The van der Waals surface area contributed by atoms with Gasteiger partial charge in [-0.3, -0.25) is 4.79 Å². The topological polar surface area (TPSA) is 32.3 Å². The molecule has 2 aromatic carbocycles. The molecule has 1 N–H and O–H groups in total. The first-order chi connectivity index (χ1) is 11.2. The Kier molecular flexibility index (Phi) is 4.74. The minimum atomic E-state index is -0.0242. The van der Waals surface area contributed by atoms with Gasteiger partial charge in [0.15, 0.2) is 0 Å². The zero-order chi connectivity index (χ0) is 16.2. The van der Waals surface area contributed by atoms with Crippen molar-refractivity contribution in [1.29, 1.82) is 0 Å². The summed E-state index contributed by atoms with van der Waals surface area (Å²) in [7, 11) is 4.07. The molecule has 1 aromatic heterocycles. The van der Waals surface area contributed by atoms with Crippen LogP contribution in [0.5, 0.6) is 0 Å². The maximum Gasteiger partial charge on any atom is 0.251 e. The highest BCUT2D eigenvalue weighted by atomic mass is 32.1. The third-order valence-corrected chi connectivity index (χ3v) is 4.74. The number of fused-ring (bicyclic) bond motifs is 1. The molecule has 0 radical (unpaired) electrons. The van der Waals surface area contributed by atoms with E-state index in [0.29, 0.717) is 6.54 Å². The lowest BCUT2D eigenvalue weighted by atomic mass is 10.0. The highest BCUT2D eigenvalue weighted by molar-refractivity contribution is 7.07. The molecule has 0 fully saturated rings. The van der Waals surface area contributed by atoms with Crippen LogP contribution in [0.15, 0.2) is 59.3 Å². The van der Waals surface area contributed by atoms with E-state index in [1.807, 2.05) is 56.6 Å². The van der Waals surface area contributed by atoms with E-state index in [1.165, 1.54) is 5.56 Å². The molecule has 0 aliphatic heterocycles. The Hall–Kier alpha value is -2.17. The number of rotatable bonds is 5. The lowest BCUT2D eigenvalue weighted by Gasteiger charge is -2.24. The largest absolute Gasteiger partial charge is 0.350 e. The van der Waals surface area contributed by atoms with Crippen LogP contribution >= 0.6 is 11.3 Å². The van der Waals surface area contributed by atoms with Gasteiger partial charge in [0.1, 0.15) is 0 Å². The third-order valence-electron chi connectivity index (χ3n) is 4.04. The summed E-state index contributed by atoms with van der Waals surface area (Å²) in [5.74, 6) is -0.0242. The highest BCUT2D eigenvalue weighted by Gasteiger charge is 2.17. The lowest BCUT2D eigenvalue weighted by molar-refractivity contribution is 0.0943. The van der Waals surface area contributed by atoms with Crippen LogP contribution in [0.25, 0.3) is 10.8 Å². The van der Waals surface area contributed by atoms with Crippen molar-refractivity contribution >= 4 is 28.0 Å². The van der Waals surface area contributed by atoms with E-state index in [4.69, 9.17) is 0 Å². The van der Waals surface area contributed by atoms with E-state index >= 15 is 0 Å². The quantitative estimate of drug-likeness (QED) is 0.771. The van der Waals surface area contributed by atoms with E-state index < -0.39 is 0 Å². The fraction of sp³-hybridized carbons (Fsp3) is 0.211. The number of hydrogen-bond acceptors (Lipinski definition) is 3. The average molecular weight is 324 g/mol. The number of hydrogen-bond donors (Lipinski definition) is 1. The zero-order valence-electron chi connectivity index (χ0n) is 13.3. The van der Waals surface area contributed by atoms with E-state index in [1.54, 1.807) is 11.3 Å². The number of carbonyl (C=O) groups excluding carboxylic acids is 1. The first kappa shape index (κ1) is 15.7. The summed E-state index contributed by atoms with van der Waals surface area (Å²) in [6.45, 7) is 0.589. The Bertz CT molecular complexity index is 791. The molecule has 23 heavy (non-hydrogen) atoms. The molecule has 4 heteroatoms. The average Bonchev–Trinajstić information content (AvgIpc) is 3.08. The smallest absolute Gasteiger partial charge is 0.251 e. The minimum Gasteiger partial charge on any atom is -0.350 e. The van der Waals surface area contributed by atoms with Gasteiger partial charge in [0.2, 0.25) is 0 Å². The first-order valence-corrected chi connectivity index (χ1v) is 8.55. The van der Waals surface area contributed by atoms with Crippen LogP contribution in [0.3, 0.4) is 0 Å². The van der Waals surface area contributed by atoms with Gasteiger partial charge in [-0.2, -0.15) is 11.3 Å². The number of amides is 1. The molecule has 0 saturated carbocycles. The summed E-state index contributed by atoms with van der Waals surface area (Å²) >= 11 is 1.68. The molecule has 0 saturated heterocycles. The summed E-state index contributed by atoms with van der Waals surface area (Å²) in [6.07, 6.45) is 0. The molecule has 3 aromatic rings. The van der Waals surface area contributed by atoms with Gasteiger partial charge in [-0.25, -0.2) is 0 Å². The van der Waals surface area contributed by atoms with Crippen LogP contribution in [0.4, 0.5) is 0 Å². The molecule has 0 aliphatic carbocycles. The molecule has 118 valence electrons. The van der Waals surface area contributed by atoms with Crippen LogP contribution in [0.2, 0.25) is 0 Å². The van der Waals surface area contributed by atoms with Crippen LogP contribution in [-0.2, 0) is 0 Å². The van der Waals surface area contributed by atoms with Crippen LogP contribution < -0.4 is 5.32 Å². The van der Waals surface area contributed by atoms with Crippen molar-refractivity contribution in [3.63, 3.8) is 0 Å². The van der Waals surface area contributed by atoms with E-state index in [-0.39, 0.29) is 11.9 Å². The maximum absolute atomic E-state index is 12.6. The molecule has 3 rings (SSSR count). The second-order valence-electron chi connectivity index (χ2n) is 5.77. The Morgan fingerprint density at radius 3 is 2.65 bits per heavy atom. The molecular weight excluding hydrogens is 304 g/mol. The summed E-state index contributed by atoms with van der Waals surface area (Å²) in [5, 5.41) is 9.36. The van der Waals surface area contributed by atoms with Crippen molar-refractivity contribution in [3.05, 3.63) is 70.4 Å². The molecule has 0 spiro atoms. The van der Waals surface area contributed by atoms with Gasteiger partial charge in [-0.15, -0.1) is 0 Å². The SMILES string of the molecule is CN(C)[C@@H](CNC(=O)c1cccc2ccccc12)c1ccsc1. The predicted molar refractivity (Wildman–Crippen MR) is 97.0 cm³/mol. The number of benzene rings is 2. The van der Waals surface area contributed by atoms with Crippen LogP contribution in [0.1, 0.15) is 22.0 Å². The lowest BCUT2D eigenvalue weighted by Crippen LogP contribution is -2.34. The van der Waals surface area contributed by atoms with Gasteiger partial charge in [-0.1, -0.05) is 36.4 Å². The third kappa shape index (κ3) is 3.44. The van der Waals surface area contributed by atoms with E-state index in [9.17, 15) is 4.79 Å². The molecule has 1 heterocycles. The monoisotopic (exact) mass is 324 g/mol. The van der Waals surface area contributed by atoms with Gasteiger partial charge in [0.25, 0.3) is 5.91 Å². The Morgan fingerprint density at radius 2 is 1.91 bits per heavy atom. The summed E-state index contributed by atoms with van der Waals surface area (Å²) in [4.78, 5) is 14.8. The van der Waals surface area contributed by atoms with Crippen molar-refractivity contribution in [1.82, 2.24) is 10.2 Å². The molecular formula is C19H20N2OS. The predicted octanol–water partition coefficient (Wildman–Crippen LogP) is 3.93. The number of carbonyl (C=O) groups is 1. The Labute approximate surface area is 140 Å². The van der Waals surface area contributed by atoms with Gasteiger partial charge in [0.05, 0.1) is 6.04 Å². The highest BCUT2D eigenvalue weighted by Crippen LogP contribution is 2.21. The van der Waals surface area contributed by atoms with Crippen LogP contribution in [0, 0.1) is 0 Å². The number of nitrogens with one attached hydrogen (secondary N) is 1. The van der Waals surface area contributed by atoms with Gasteiger partial charge in [-0.05, 0) is 53.3 Å². The fourth-order valence-corrected chi connectivity index (χ4v) is 3.48. The molecule has 0 aliphatic rings. The van der Waals surface area contributed by atoms with Crippen LogP contribution in [-0.4, -0.2) is 31.4 Å². The van der Waals surface area contributed by atoms with E-state index in [2.05, 4.69) is 27.0 Å². The Balaban J connectivity index is 1.78. The van der Waals surface area contributed by atoms with Gasteiger partial charge >= 0.3 is 0 Å². The summed E-state index contributed by atoms with van der Waals surface area (Å²) in [5.41, 5.74) is 1.96. The molecule has 3 nitrogen and oxygen atoms in total. The van der Waals surface area contributed by atoms with Crippen molar-refractivity contribution in [2.24, 2.45) is 0 Å². The van der Waals surface area contributed by atoms with E-state index in [0.717, 1.165) is 16.3 Å². The fourth-order valence-electron chi connectivity index (χ4n) is 2.77. The van der Waals surface area contributed by atoms with Crippen molar-refractivity contribution < 1.29 is 4.79 Å². The summed E-state index contributed by atoms with van der Waals surface area (Å²) < 4.78 is 0. The minimum absolute atomic E-state index is 0.0242. The van der Waals surface area contributed by atoms with Crippen molar-refractivity contribution in [3.8, 4) is 0 Å². The second-order valence-corrected chi connectivity index (χ2v) is 6.55. The molecule has 1 atom stereocenters. The van der Waals surface area contributed by atoms with Crippen molar-refractivity contribution in [2.45, 2.75) is 6.04 Å². The Morgan fingerprint density at radius 1 is 1.13 bits per heavy atom. The number of nitrogens with zero attached hydrogens (tertiary/aromatic N) is 1. The second kappa shape index (κ2) is 6.94. The standard InChI is InChI=1S/C19H20N2OS/c1-21(2)18(15-10-11-23-13-15)12-20-19(22)17-9-5-7-14-6-3-4-8-16(14)17/h3-11,13,18H,12H2,1-2H3,(H,20,22)/t18-/m0/s1.